The molecule has 0 bridgehead atoms. The largest absolute Gasteiger partial charge is 0.473 e. The van der Waals surface area contributed by atoms with E-state index in [0.29, 0.717) is 6.10 Å². The van der Waals surface area contributed by atoms with Gasteiger partial charge < -0.3 is 9.64 Å². The van der Waals surface area contributed by atoms with Gasteiger partial charge in [0.05, 0.1) is 0 Å². The van der Waals surface area contributed by atoms with E-state index >= 15 is 0 Å². The van der Waals surface area contributed by atoms with Crippen LogP contribution in [-0.2, 0) is 0 Å². The molecule has 84 valence electrons. The van der Waals surface area contributed by atoms with E-state index in [2.05, 4.69) is 16.9 Å². The summed E-state index contributed by atoms with van der Waals surface area (Å²) in [5.41, 5.74) is 0. The van der Waals surface area contributed by atoms with Gasteiger partial charge in [-0.3, -0.25) is 0 Å². The van der Waals surface area contributed by atoms with Crippen LogP contribution in [0.2, 0.25) is 0 Å². The third kappa shape index (κ3) is 3.88. The average molecular weight is 208 g/mol. The van der Waals surface area contributed by atoms with Crippen molar-refractivity contribution in [3.05, 3.63) is 24.4 Å². The molecule has 1 aliphatic rings. The molecule has 1 atom stereocenters. The number of likely N-dealkylation sites (N-methyl/N-ethyl adjacent to an activating group) is 1. The maximum atomic E-state index is 5.69. The number of rotatable bonds is 2. The van der Waals surface area contributed by atoms with Crippen molar-refractivity contribution in [3.63, 3.8) is 0 Å². The van der Waals surface area contributed by atoms with Gasteiger partial charge in [-0.15, -0.1) is 0 Å². The van der Waals surface area contributed by atoms with E-state index in [1.54, 1.807) is 6.20 Å². The first kappa shape index (κ1) is 12.0. The van der Waals surface area contributed by atoms with Crippen LogP contribution < -0.4 is 4.74 Å². The molecule has 1 saturated heterocycles. The van der Waals surface area contributed by atoms with E-state index in [1.165, 1.54) is 0 Å². The summed E-state index contributed by atoms with van der Waals surface area (Å²) in [7, 11) is 2.11. The van der Waals surface area contributed by atoms with E-state index in [0.717, 1.165) is 25.4 Å². The standard InChI is InChI=1S/C10H14N2O.C2H6/c1-12-7-5-9(8-12)13-10-4-2-3-6-11-10;1-2/h2-4,6,9H,5,7-8H2,1H3;1-2H3. The molecular weight excluding hydrogens is 188 g/mol. The van der Waals surface area contributed by atoms with E-state index in [4.69, 9.17) is 4.74 Å². The molecule has 1 aromatic rings. The van der Waals surface area contributed by atoms with Crippen LogP contribution in [0.5, 0.6) is 5.88 Å². The summed E-state index contributed by atoms with van der Waals surface area (Å²) in [6.07, 6.45) is 3.18. The number of nitrogens with zero attached hydrogens (tertiary/aromatic N) is 2. The lowest BCUT2D eigenvalue weighted by Gasteiger charge is -2.12. The Labute approximate surface area is 92.1 Å². The summed E-state index contributed by atoms with van der Waals surface area (Å²) in [4.78, 5) is 6.40. The Morgan fingerprint density at radius 3 is 2.73 bits per heavy atom. The minimum Gasteiger partial charge on any atom is -0.473 e. The lowest BCUT2D eigenvalue weighted by Crippen LogP contribution is -2.21. The van der Waals surface area contributed by atoms with E-state index in [1.807, 2.05) is 32.0 Å². The highest BCUT2D eigenvalue weighted by Gasteiger charge is 2.20. The Balaban J connectivity index is 0.000000531. The topological polar surface area (TPSA) is 25.4 Å². The van der Waals surface area contributed by atoms with E-state index < -0.39 is 0 Å². The van der Waals surface area contributed by atoms with Crippen LogP contribution in [0.15, 0.2) is 24.4 Å². The molecule has 1 fully saturated rings. The molecule has 0 spiro atoms. The number of hydrogen-bond donors (Lipinski definition) is 0. The highest BCUT2D eigenvalue weighted by atomic mass is 16.5. The zero-order chi connectivity index (χ0) is 11.1. The van der Waals surface area contributed by atoms with Crippen molar-refractivity contribution in [2.45, 2.75) is 26.4 Å². The van der Waals surface area contributed by atoms with Crippen LogP contribution in [0.25, 0.3) is 0 Å². The fourth-order valence-electron chi connectivity index (χ4n) is 1.58. The predicted octanol–water partition coefficient (Wildman–Crippen LogP) is 2.19. The monoisotopic (exact) mass is 208 g/mol. The maximum Gasteiger partial charge on any atom is 0.213 e. The highest BCUT2D eigenvalue weighted by molar-refractivity contribution is 5.09. The Hall–Kier alpha value is -1.09. The summed E-state index contributed by atoms with van der Waals surface area (Å²) in [6, 6.07) is 5.74. The average Bonchev–Trinajstić information content (AvgIpc) is 2.68. The number of likely N-dealkylation sites (tertiary alicyclic amines) is 1. The molecule has 3 nitrogen and oxygen atoms in total. The summed E-state index contributed by atoms with van der Waals surface area (Å²) >= 11 is 0. The summed E-state index contributed by atoms with van der Waals surface area (Å²) in [6.45, 7) is 6.13. The second kappa shape index (κ2) is 6.40. The first-order chi connectivity index (χ1) is 7.34. The molecule has 1 unspecified atom stereocenters. The molecule has 15 heavy (non-hydrogen) atoms. The van der Waals surface area contributed by atoms with Gasteiger partial charge in [-0.1, -0.05) is 19.9 Å². The quantitative estimate of drug-likeness (QED) is 0.745. The lowest BCUT2D eigenvalue weighted by molar-refractivity contribution is 0.200. The van der Waals surface area contributed by atoms with Gasteiger partial charge in [-0.05, 0) is 19.5 Å². The zero-order valence-electron chi connectivity index (χ0n) is 9.81. The van der Waals surface area contributed by atoms with Gasteiger partial charge >= 0.3 is 0 Å². The van der Waals surface area contributed by atoms with Gasteiger partial charge in [0.2, 0.25) is 5.88 Å². The molecule has 2 heterocycles. The number of hydrogen-bond acceptors (Lipinski definition) is 3. The van der Waals surface area contributed by atoms with Gasteiger partial charge in [0.15, 0.2) is 0 Å². The van der Waals surface area contributed by atoms with Crippen molar-refractivity contribution in [2.75, 3.05) is 20.1 Å². The SMILES string of the molecule is CC.CN1CCC(Oc2ccccn2)C1. The highest BCUT2D eigenvalue weighted by Crippen LogP contribution is 2.14. The molecule has 0 saturated carbocycles. The van der Waals surface area contributed by atoms with Crippen molar-refractivity contribution in [2.24, 2.45) is 0 Å². The number of aromatic nitrogens is 1. The van der Waals surface area contributed by atoms with Crippen LogP contribution in [-0.4, -0.2) is 36.1 Å². The molecule has 0 N–H and O–H groups in total. The maximum absolute atomic E-state index is 5.69. The Kier molecular flexibility index (Phi) is 5.12. The first-order valence-electron chi connectivity index (χ1n) is 5.61. The minimum atomic E-state index is 0.319. The molecule has 1 aromatic heterocycles. The smallest absolute Gasteiger partial charge is 0.213 e. The van der Waals surface area contributed by atoms with Crippen LogP contribution in [0.1, 0.15) is 20.3 Å². The minimum absolute atomic E-state index is 0.319. The normalized spacial score (nSPS) is 20.6. The van der Waals surface area contributed by atoms with Crippen LogP contribution in [0.4, 0.5) is 0 Å². The molecule has 0 radical (unpaired) electrons. The molecular formula is C12H20N2O. The fraction of sp³-hybridized carbons (Fsp3) is 0.583. The first-order valence-corrected chi connectivity index (χ1v) is 5.61. The molecule has 1 aliphatic heterocycles. The van der Waals surface area contributed by atoms with Gasteiger partial charge in [-0.25, -0.2) is 4.98 Å². The van der Waals surface area contributed by atoms with Crippen LogP contribution >= 0.6 is 0 Å². The van der Waals surface area contributed by atoms with Crippen molar-refractivity contribution >= 4 is 0 Å². The lowest BCUT2D eigenvalue weighted by atomic mass is 10.3. The summed E-state index contributed by atoms with van der Waals surface area (Å²) in [5.74, 6) is 0.739. The van der Waals surface area contributed by atoms with Gasteiger partial charge in [-0.2, -0.15) is 0 Å². The molecule has 0 amide bonds. The number of ether oxygens (including phenoxy) is 1. The zero-order valence-corrected chi connectivity index (χ0v) is 9.81. The summed E-state index contributed by atoms with van der Waals surface area (Å²) < 4.78 is 5.69. The van der Waals surface area contributed by atoms with Gasteiger partial charge in [0.1, 0.15) is 6.10 Å². The van der Waals surface area contributed by atoms with Crippen LogP contribution in [0, 0.1) is 0 Å². The van der Waals surface area contributed by atoms with Crippen molar-refractivity contribution in [3.8, 4) is 5.88 Å². The predicted molar refractivity (Wildman–Crippen MR) is 62.1 cm³/mol. The third-order valence-electron chi connectivity index (χ3n) is 2.27. The third-order valence-corrected chi connectivity index (χ3v) is 2.27. The van der Waals surface area contributed by atoms with Crippen molar-refractivity contribution < 1.29 is 4.74 Å². The second-order valence-electron chi connectivity index (χ2n) is 3.46. The summed E-state index contributed by atoms with van der Waals surface area (Å²) in [5, 5.41) is 0. The fourth-order valence-corrected chi connectivity index (χ4v) is 1.58. The second-order valence-corrected chi connectivity index (χ2v) is 3.46. The molecule has 0 aliphatic carbocycles. The number of pyridine rings is 1. The Morgan fingerprint density at radius 1 is 1.40 bits per heavy atom. The van der Waals surface area contributed by atoms with Gasteiger partial charge in [0.25, 0.3) is 0 Å². The molecule has 0 aromatic carbocycles. The molecule has 2 rings (SSSR count). The van der Waals surface area contributed by atoms with E-state index in [-0.39, 0.29) is 0 Å². The Morgan fingerprint density at radius 2 is 2.20 bits per heavy atom. The molecule has 3 heteroatoms. The van der Waals surface area contributed by atoms with Crippen LogP contribution in [0.3, 0.4) is 0 Å². The van der Waals surface area contributed by atoms with Crippen molar-refractivity contribution in [1.29, 1.82) is 0 Å². The van der Waals surface area contributed by atoms with Gasteiger partial charge in [0, 0.05) is 25.4 Å². The van der Waals surface area contributed by atoms with E-state index in [9.17, 15) is 0 Å². The van der Waals surface area contributed by atoms with Crippen molar-refractivity contribution in [1.82, 2.24) is 9.88 Å². The Bertz CT molecular complexity index is 264.